The topological polar surface area (TPSA) is 64.3 Å². The molecular formula is C17H26N2O2. The second-order valence-electron chi connectivity index (χ2n) is 6.23. The van der Waals surface area contributed by atoms with Gasteiger partial charge in [0, 0.05) is 11.6 Å². The summed E-state index contributed by atoms with van der Waals surface area (Å²) >= 11 is 0. The van der Waals surface area contributed by atoms with E-state index in [9.17, 15) is 4.79 Å². The van der Waals surface area contributed by atoms with Crippen molar-refractivity contribution in [1.82, 2.24) is 5.32 Å². The Bertz CT molecular complexity index is 500. The molecule has 21 heavy (non-hydrogen) atoms. The van der Waals surface area contributed by atoms with Crippen LogP contribution in [0.1, 0.15) is 49.9 Å². The van der Waals surface area contributed by atoms with E-state index in [0.29, 0.717) is 28.8 Å². The van der Waals surface area contributed by atoms with Crippen molar-refractivity contribution in [2.75, 3.05) is 12.8 Å². The second-order valence-corrected chi connectivity index (χ2v) is 6.23. The molecule has 0 saturated heterocycles. The highest BCUT2D eigenvalue weighted by Crippen LogP contribution is 2.30. The van der Waals surface area contributed by atoms with Gasteiger partial charge in [-0.1, -0.05) is 26.7 Å². The summed E-state index contributed by atoms with van der Waals surface area (Å²) in [5.74, 6) is 1.67. The number of nitrogens with two attached hydrogens (primary N) is 1. The third kappa shape index (κ3) is 3.69. The van der Waals surface area contributed by atoms with Gasteiger partial charge in [0.05, 0.1) is 12.8 Å². The quantitative estimate of drug-likeness (QED) is 0.837. The number of hydrogen-bond acceptors (Lipinski definition) is 3. The van der Waals surface area contributed by atoms with Crippen molar-refractivity contribution in [3.8, 4) is 5.75 Å². The molecule has 1 aromatic rings. The molecule has 1 aliphatic rings. The molecule has 2 rings (SSSR count). The van der Waals surface area contributed by atoms with E-state index in [1.165, 1.54) is 19.3 Å². The number of hydrogen-bond donors (Lipinski definition) is 2. The van der Waals surface area contributed by atoms with Crippen LogP contribution in [0.4, 0.5) is 5.69 Å². The lowest BCUT2D eigenvalue weighted by atomic mass is 9.78. The normalized spacial score (nSPS) is 22.1. The van der Waals surface area contributed by atoms with Crippen LogP contribution in [0.15, 0.2) is 18.2 Å². The van der Waals surface area contributed by atoms with Crippen LogP contribution in [0.25, 0.3) is 0 Å². The summed E-state index contributed by atoms with van der Waals surface area (Å²) in [7, 11) is 1.56. The van der Waals surface area contributed by atoms with E-state index >= 15 is 0 Å². The summed E-state index contributed by atoms with van der Waals surface area (Å²) in [5.41, 5.74) is 6.94. The molecule has 4 nitrogen and oxygen atoms in total. The van der Waals surface area contributed by atoms with Crippen LogP contribution in [-0.2, 0) is 0 Å². The van der Waals surface area contributed by atoms with Crippen molar-refractivity contribution in [2.24, 2.45) is 11.8 Å². The van der Waals surface area contributed by atoms with Gasteiger partial charge in [-0.3, -0.25) is 4.79 Å². The van der Waals surface area contributed by atoms with Gasteiger partial charge < -0.3 is 15.8 Å². The molecule has 0 aromatic heterocycles. The Morgan fingerprint density at radius 1 is 1.33 bits per heavy atom. The number of carbonyl (C=O) groups is 1. The van der Waals surface area contributed by atoms with Crippen LogP contribution in [-0.4, -0.2) is 19.1 Å². The van der Waals surface area contributed by atoms with Crippen molar-refractivity contribution >= 4 is 11.6 Å². The first kappa shape index (κ1) is 15.7. The smallest absolute Gasteiger partial charge is 0.251 e. The Hall–Kier alpha value is -1.71. The van der Waals surface area contributed by atoms with Crippen LogP contribution in [0.5, 0.6) is 5.75 Å². The zero-order valence-electron chi connectivity index (χ0n) is 13.2. The summed E-state index contributed by atoms with van der Waals surface area (Å²) in [6.45, 7) is 4.47. The van der Waals surface area contributed by atoms with Gasteiger partial charge in [0.2, 0.25) is 0 Å². The average Bonchev–Trinajstić information content (AvgIpc) is 2.48. The minimum absolute atomic E-state index is 0.0362. The first-order valence-electron chi connectivity index (χ1n) is 7.77. The Morgan fingerprint density at radius 2 is 2.05 bits per heavy atom. The van der Waals surface area contributed by atoms with Crippen molar-refractivity contribution in [1.29, 1.82) is 0 Å². The molecule has 2 atom stereocenters. The molecule has 1 saturated carbocycles. The molecule has 3 N–H and O–H groups in total. The molecular weight excluding hydrogens is 264 g/mol. The highest BCUT2D eigenvalue weighted by molar-refractivity contribution is 5.95. The summed E-state index contributed by atoms with van der Waals surface area (Å²) in [4.78, 5) is 12.5. The van der Waals surface area contributed by atoms with Crippen LogP contribution < -0.4 is 15.8 Å². The van der Waals surface area contributed by atoms with E-state index in [0.717, 1.165) is 6.42 Å². The summed E-state index contributed by atoms with van der Waals surface area (Å²) in [5, 5.41) is 3.20. The van der Waals surface area contributed by atoms with E-state index in [2.05, 4.69) is 19.2 Å². The standard InChI is InChI=1S/C17H26N2O2/c1-11(2)13-6-4-5-7-15(13)19-17(20)12-8-9-14(18)16(10-12)21-3/h8-11,13,15H,4-7,18H2,1-3H3,(H,19,20). The van der Waals surface area contributed by atoms with Gasteiger partial charge in [0.25, 0.3) is 5.91 Å². The first-order chi connectivity index (χ1) is 10.0. The maximum absolute atomic E-state index is 12.5. The fourth-order valence-corrected chi connectivity index (χ4v) is 3.24. The third-order valence-electron chi connectivity index (χ3n) is 4.49. The Balaban J connectivity index is 2.09. The van der Waals surface area contributed by atoms with E-state index < -0.39 is 0 Å². The fourth-order valence-electron chi connectivity index (χ4n) is 3.24. The number of rotatable bonds is 4. The first-order valence-corrected chi connectivity index (χ1v) is 7.77. The van der Waals surface area contributed by atoms with Gasteiger partial charge in [-0.25, -0.2) is 0 Å². The summed E-state index contributed by atoms with van der Waals surface area (Å²) in [6, 6.07) is 5.45. The predicted octanol–water partition coefficient (Wildman–Crippen LogP) is 3.22. The van der Waals surface area contributed by atoms with E-state index in [-0.39, 0.29) is 11.9 Å². The van der Waals surface area contributed by atoms with Gasteiger partial charge in [0.15, 0.2) is 0 Å². The van der Waals surface area contributed by atoms with Crippen LogP contribution >= 0.6 is 0 Å². The van der Waals surface area contributed by atoms with Crippen molar-refractivity contribution in [3.05, 3.63) is 23.8 Å². The van der Waals surface area contributed by atoms with Gasteiger partial charge in [-0.2, -0.15) is 0 Å². The van der Waals surface area contributed by atoms with E-state index in [4.69, 9.17) is 10.5 Å². The summed E-state index contributed by atoms with van der Waals surface area (Å²) in [6.07, 6.45) is 4.73. The van der Waals surface area contributed by atoms with Crippen LogP contribution in [0, 0.1) is 11.8 Å². The van der Waals surface area contributed by atoms with Crippen molar-refractivity contribution in [2.45, 2.75) is 45.6 Å². The van der Waals surface area contributed by atoms with Crippen molar-refractivity contribution < 1.29 is 9.53 Å². The SMILES string of the molecule is COc1cc(C(=O)NC2CCCCC2C(C)C)ccc1N. The zero-order valence-corrected chi connectivity index (χ0v) is 13.2. The molecule has 0 radical (unpaired) electrons. The Morgan fingerprint density at radius 3 is 2.71 bits per heavy atom. The highest BCUT2D eigenvalue weighted by atomic mass is 16.5. The molecule has 4 heteroatoms. The van der Waals surface area contributed by atoms with Crippen molar-refractivity contribution in [3.63, 3.8) is 0 Å². The second kappa shape index (κ2) is 6.83. The van der Waals surface area contributed by atoms with Crippen LogP contribution in [0.2, 0.25) is 0 Å². The number of nitrogen functional groups attached to an aromatic ring is 1. The minimum Gasteiger partial charge on any atom is -0.495 e. The lowest BCUT2D eigenvalue weighted by Crippen LogP contribution is -2.43. The van der Waals surface area contributed by atoms with Gasteiger partial charge in [0.1, 0.15) is 5.75 Å². The third-order valence-corrected chi connectivity index (χ3v) is 4.49. The molecule has 1 fully saturated rings. The molecule has 0 aliphatic heterocycles. The van der Waals surface area contributed by atoms with Crippen LogP contribution in [0.3, 0.4) is 0 Å². The minimum atomic E-state index is -0.0362. The fraction of sp³-hybridized carbons (Fsp3) is 0.588. The van der Waals surface area contributed by atoms with E-state index in [1.807, 2.05) is 0 Å². The Kier molecular flexibility index (Phi) is 5.10. The monoisotopic (exact) mass is 290 g/mol. The maximum atomic E-state index is 12.5. The number of amides is 1. The molecule has 116 valence electrons. The lowest BCUT2D eigenvalue weighted by Gasteiger charge is -2.34. The molecule has 1 aliphatic carbocycles. The average molecular weight is 290 g/mol. The Labute approximate surface area is 127 Å². The number of ether oxygens (including phenoxy) is 1. The number of anilines is 1. The molecule has 0 spiro atoms. The molecule has 1 aromatic carbocycles. The number of nitrogens with one attached hydrogen (secondary N) is 1. The lowest BCUT2D eigenvalue weighted by molar-refractivity contribution is 0.0889. The number of benzene rings is 1. The zero-order chi connectivity index (χ0) is 15.4. The van der Waals surface area contributed by atoms with Gasteiger partial charge in [-0.15, -0.1) is 0 Å². The van der Waals surface area contributed by atoms with E-state index in [1.54, 1.807) is 25.3 Å². The molecule has 2 unspecified atom stereocenters. The molecule has 0 heterocycles. The number of carbonyl (C=O) groups excluding carboxylic acids is 1. The number of methoxy groups -OCH3 is 1. The predicted molar refractivity (Wildman–Crippen MR) is 85.5 cm³/mol. The molecule has 0 bridgehead atoms. The summed E-state index contributed by atoms with van der Waals surface area (Å²) < 4.78 is 5.18. The van der Waals surface area contributed by atoms with Gasteiger partial charge in [-0.05, 0) is 42.9 Å². The maximum Gasteiger partial charge on any atom is 0.251 e. The highest BCUT2D eigenvalue weighted by Gasteiger charge is 2.28. The molecule has 1 amide bonds. The largest absolute Gasteiger partial charge is 0.495 e. The van der Waals surface area contributed by atoms with Gasteiger partial charge >= 0.3 is 0 Å².